The number of rotatable bonds is 1. The van der Waals surface area contributed by atoms with Gasteiger partial charge in [0, 0.05) is 6.04 Å². The van der Waals surface area contributed by atoms with Crippen molar-refractivity contribution in [1.29, 1.82) is 0 Å². The van der Waals surface area contributed by atoms with Gasteiger partial charge in [-0.1, -0.05) is 30.3 Å². The van der Waals surface area contributed by atoms with E-state index in [9.17, 15) is 4.79 Å². The first kappa shape index (κ1) is 11.6. The molecule has 0 spiro atoms. The second kappa shape index (κ2) is 6.09. The molecule has 2 atom stereocenters. The normalized spacial score (nSPS) is 30.1. The van der Waals surface area contributed by atoms with E-state index in [2.05, 4.69) is 11.4 Å². The van der Waals surface area contributed by atoms with Gasteiger partial charge in [-0.2, -0.15) is 0 Å². The SMILES string of the molecule is CSC(=O)NC1/C=C/CCCC[C@H]1N. The zero-order chi connectivity index (χ0) is 10.4. The smallest absolute Gasteiger partial charge is 0.279 e. The Bertz CT molecular complexity index is 218. The van der Waals surface area contributed by atoms with E-state index in [0.717, 1.165) is 19.3 Å². The van der Waals surface area contributed by atoms with Gasteiger partial charge < -0.3 is 11.1 Å². The van der Waals surface area contributed by atoms with Crippen molar-refractivity contribution in [2.75, 3.05) is 6.26 Å². The molecule has 0 radical (unpaired) electrons. The van der Waals surface area contributed by atoms with Gasteiger partial charge in [-0.25, -0.2) is 0 Å². The third kappa shape index (κ3) is 3.72. The Balaban J connectivity index is 2.52. The molecule has 14 heavy (non-hydrogen) atoms. The topological polar surface area (TPSA) is 55.1 Å². The molecule has 0 aromatic carbocycles. The van der Waals surface area contributed by atoms with Crippen LogP contribution >= 0.6 is 11.8 Å². The minimum absolute atomic E-state index is 0.00401. The van der Waals surface area contributed by atoms with Crippen LogP contribution in [0.1, 0.15) is 25.7 Å². The molecule has 0 fully saturated rings. The number of hydrogen-bond donors (Lipinski definition) is 2. The molecule has 3 N–H and O–H groups in total. The predicted molar refractivity (Wildman–Crippen MR) is 61.4 cm³/mol. The second-order valence-electron chi connectivity index (χ2n) is 3.54. The van der Waals surface area contributed by atoms with Crippen molar-refractivity contribution in [3.8, 4) is 0 Å². The Hall–Kier alpha value is -0.480. The van der Waals surface area contributed by atoms with Crippen molar-refractivity contribution in [3.63, 3.8) is 0 Å². The van der Waals surface area contributed by atoms with Crippen molar-refractivity contribution in [2.24, 2.45) is 5.73 Å². The van der Waals surface area contributed by atoms with Gasteiger partial charge in [-0.3, -0.25) is 4.79 Å². The number of carbonyl (C=O) groups is 1. The lowest BCUT2D eigenvalue weighted by Crippen LogP contribution is -2.45. The van der Waals surface area contributed by atoms with Gasteiger partial charge in [0.25, 0.3) is 5.24 Å². The van der Waals surface area contributed by atoms with Crippen molar-refractivity contribution >= 4 is 17.0 Å². The van der Waals surface area contributed by atoms with Crippen LogP contribution in [0.15, 0.2) is 12.2 Å². The summed E-state index contributed by atoms with van der Waals surface area (Å²) in [5.41, 5.74) is 5.98. The molecule has 1 aliphatic carbocycles. The lowest BCUT2D eigenvalue weighted by molar-refractivity contribution is 0.257. The van der Waals surface area contributed by atoms with Gasteiger partial charge in [0.2, 0.25) is 0 Å². The summed E-state index contributed by atoms with van der Waals surface area (Å²) in [7, 11) is 0. The fourth-order valence-corrected chi connectivity index (χ4v) is 1.81. The van der Waals surface area contributed by atoms with Crippen LogP contribution < -0.4 is 11.1 Å². The summed E-state index contributed by atoms with van der Waals surface area (Å²) in [4.78, 5) is 11.2. The Morgan fingerprint density at radius 3 is 3.07 bits per heavy atom. The van der Waals surface area contributed by atoms with E-state index in [0.29, 0.717) is 0 Å². The Morgan fingerprint density at radius 2 is 2.36 bits per heavy atom. The zero-order valence-corrected chi connectivity index (χ0v) is 9.35. The number of nitrogens with two attached hydrogens (primary N) is 1. The van der Waals surface area contributed by atoms with Gasteiger partial charge in [0.05, 0.1) is 6.04 Å². The van der Waals surface area contributed by atoms with E-state index in [1.54, 1.807) is 6.26 Å². The minimum atomic E-state index is -0.00401. The Labute approximate surface area is 89.5 Å². The number of thioether (sulfide) groups is 1. The van der Waals surface area contributed by atoms with E-state index in [1.165, 1.54) is 18.2 Å². The first-order valence-corrected chi connectivity index (χ1v) is 6.23. The largest absolute Gasteiger partial charge is 0.339 e. The molecule has 1 unspecified atom stereocenters. The summed E-state index contributed by atoms with van der Waals surface area (Å²) in [6.45, 7) is 0. The molecular formula is C10H18N2OS. The van der Waals surface area contributed by atoms with Crippen molar-refractivity contribution in [1.82, 2.24) is 5.32 Å². The molecule has 80 valence electrons. The van der Waals surface area contributed by atoms with Crippen LogP contribution in [0, 0.1) is 0 Å². The average molecular weight is 214 g/mol. The summed E-state index contributed by atoms with van der Waals surface area (Å²) >= 11 is 1.19. The third-order valence-electron chi connectivity index (χ3n) is 2.43. The van der Waals surface area contributed by atoms with Crippen LogP contribution in [-0.4, -0.2) is 23.6 Å². The number of hydrogen-bond acceptors (Lipinski definition) is 3. The summed E-state index contributed by atoms with van der Waals surface area (Å²) in [5, 5.41) is 2.89. The summed E-state index contributed by atoms with van der Waals surface area (Å²) < 4.78 is 0. The summed E-state index contributed by atoms with van der Waals surface area (Å²) in [6.07, 6.45) is 10.3. The van der Waals surface area contributed by atoms with Crippen LogP contribution in [0.3, 0.4) is 0 Å². The molecular weight excluding hydrogens is 196 g/mol. The highest BCUT2D eigenvalue weighted by molar-refractivity contribution is 8.12. The molecule has 0 aromatic rings. The number of allylic oxidation sites excluding steroid dienone is 1. The van der Waals surface area contributed by atoms with Crippen molar-refractivity contribution in [2.45, 2.75) is 37.8 Å². The Kier molecular flexibility index (Phi) is 5.04. The van der Waals surface area contributed by atoms with Gasteiger partial charge in [-0.05, 0) is 25.5 Å². The molecule has 0 saturated heterocycles. The molecule has 1 aliphatic rings. The number of amides is 1. The highest BCUT2D eigenvalue weighted by Gasteiger charge is 2.17. The first-order valence-electron chi connectivity index (χ1n) is 5.01. The van der Waals surface area contributed by atoms with Crippen LogP contribution in [0.2, 0.25) is 0 Å². The Morgan fingerprint density at radius 1 is 1.57 bits per heavy atom. The molecule has 0 saturated carbocycles. The highest BCUT2D eigenvalue weighted by atomic mass is 32.2. The number of carbonyl (C=O) groups excluding carboxylic acids is 1. The lowest BCUT2D eigenvalue weighted by atomic mass is 9.98. The molecule has 0 heterocycles. The maximum Gasteiger partial charge on any atom is 0.279 e. The van der Waals surface area contributed by atoms with Crippen molar-refractivity contribution < 1.29 is 4.79 Å². The minimum Gasteiger partial charge on any atom is -0.339 e. The summed E-state index contributed by atoms with van der Waals surface area (Å²) in [5.74, 6) is 0. The average Bonchev–Trinajstić information content (AvgIpc) is 2.17. The van der Waals surface area contributed by atoms with E-state index >= 15 is 0 Å². The predicted octanol–water partition coefficient (Wildman–Crippen LogP) is 1.89. The molecule has 1 amide bonds. The van der Waals surface area contributed by atoms with Crippen molar-refractivity contribution in [3.05, 3.63) is 12.2 Å². The fourth-order valence-electron chi connectivity index (χ4n) is 1.56. The monoisotopic (exact) mass is 214 g/mol. The third-order valence-corrected chi connectivity index (χ3v) is 2.92. The molecule has 4 heteroatoms. The van der Waals surface area contributed by atoms with Crippen LogP contribution in [-0.2, 0) is 0 Å². The molecule has 0 aliphatic heterocycles. The van der Waals surface area contributed by atoms with E-state index in [4.69, 9.17) is 5.73 Å². The maximum absolute atomic E-state index is 11.2. The van der Waals surface area contributed by atoms with Crippen LogP contribution in [0.5, 0.6) is 0 Å². The zero-order valence-electron chi connectivity index (χ0n) is 8.53. The van der Waals surface area contributed by atoms with Gasteiger partial charge >= 0.3 is 0 Å². The quantitative estimate of drug-likeness (QED) is 0.655. The fraction of sp³-hybridized carbons (Fsp3) is 0.700. The van der Waals surface area contributed by atoms with Gasteiger partial charge in [0.15, 0.2) is 0 Å². The molecule has 3 nitrogen and oxygen atoms in total. The van der Waals surface area contributed by atoms with E-state index in [1.807, 2.05) is 6.08 Å². The first-order chi connectivity index (χ1) is 6.74. The van der Waals surface area contributed by atoms with Gasteiger partial charge in [0.1, 0.15) is 0 Å². The second-order valence-corrected chi connectivity index (χ2v) is 4.32. The van der Waals surface area contributed by atoms with E-state index in [-0.39, 0.29) is 17.3 Å². The summed E-state index contributed by atoms with van der Waals surface area (Å²) in [6, 6.07) is 0.0675. The van der Waals surface area contributed by atoms with Crippen LogP contribution in [0.4, 0.5) is 4.79 Å². The molecule has 1 rings (SSSR count). The van der Waals surface area contributed by atoms with E-state index < -0.39 is 0 Å². The van der Waals surface area contributed by atoms with Crippen LogP contribution in [0.25, 0.3) is 0 Å². The maximum atomic E-state index is 11.2. The number of nitrogens with one attached hydrogen (secondary N) is 1. The van der Waals surface area contributed by atoms with Gasteiger partial charge in [-0.15, -0.1) is 0 Å². The standard InChI is InChI=1S/C10H18N2OS/c1-14-10(13)12-9-7-5-3-2-4-6-8(9)11/h5,7-9H,2-4,6,11H2,1H3,(H,12,13)/b7-5+/t8-,9?/m1/s1. The lowest BCUT2D eigenvalue weighted by Gasteiger charge is -2.23. The highest BCUT2D eigenvalue weighted by Crippen LogP contribution is 2.12. The molecule has 0 bridgehead atoms. The molecule has 0 aromatic heterocycles.